The monoisotopic (exact) mass is 464 g/mol. The van der Waals surface area contributed by atoms with E-state index in [1.165, 1.54) is 0 Å². The molecule has 3 rings (SSSR count). The third kappa shape index (κ3) is 5.88. The summed E-state index contributed by atoms with van der Waals surface area (Å²) >= 11 is 0. The zero-order chi connectivity index (χ0) is 25.3. The Balaban J connectivity index is 1.72. The molecule has 0 saturated carbocycles. The zero-order valence-electron chi connectivity index (χ0n) is 21.3. The number of nitrogens with zero attached hydrogens (tertiary/aromatic N) is 2. The van der Waals surface area contributed by atoms with Gasteiger partial charge in [0.2, 0.25) is 0 Å². The number of benzene rings is 2. The van der Waals surface area contributed by atoms with Crippen molar-refractivity contribution in [2.45, 2.75) is 58.4 Å². The van der Waals surface area contributed by atoms with Crippen LogP contribution in [-0.4, -0.2) is 66.6 Å². The maximum Gasteiger partial charge on any atom is 0.153 e. The molecular weight excluding hydrogens is 427 g/mol. The van der Waals surface area contributed by atoms with E-state index in [-0.39, 0.29) is 22.2 Å². The predicted molar refractivity (Wildman–Crippen MR) is 138 cm³/mol. The van der Waals surface area contributed by atoms with E-state index < -0.39 is 0 Å². The highest BCUT2D eigenvalue weighted by molar-refractivity contribution is 6.15. The molecule has 0 aromatic heterocycles. The Morgan fingerprint density at radius 1 is 0.765 bits per heavy atom. The van der Waals surface area contributed by atoms with Gasteiger partial charge in [0, 0.05) is 50.4 Å². The second kappa shape index (κ2) is 9.92. The van der Waals surface area contributed by atoms with Gasteiger partial charge in [0.1, 0.15) is 19.3 Å². The first-order chi connectivity index (χ1) is 15.8. The summed E-state index contributed by atoms with van der Waals surface area (Å²) in [4.78, 5) is 27.6. The summed E-state index contributed by atoms with van der Waals surface area (Å²) in [6.45, 7) is 14.8. The molecular formula is C27H37BN2O4. The maximum absolute atomic E-state index is 11.5. The molecule has 1 saturated heterocycles. The zero-order valence-corrected chi connectivity index (χ0v) is 21.3. The lowest BCUT2D eigenvalue weighted by Gasteiger charge is -2.35. The fourth-order valence-electron chi connectivity index (χ4n) is 4.31. The summed E-state index contributed by atoms with van der Waals surface area (Å²) in [5.41, 5.74) is 4.15. The number of carbonyl (C=O) groups is 2. The van der Waals surface area contributed by atoms with Crippen LogP contribution >= 0.6 is 0 Å². The van der Waals surface area contributed by atoms with Gasteiger partial charge in [0.05, 0.1) is 11.1 Å². The van der Waals surface area contributed by atoms with Crippen molar-refractivity contribution in [3.05, 3.63) is 57.6 Å². The van der Waals surface area contributed by atoms with Gasteiger partial charge >= 0.3 is 0 Å². The summed E-state index contributed by atoms with van der Waals surface area (Å²) in [6, 6.07) is 7.56. The molecule has 2 N–H and O–H groups in total. The molecule has 0 amide bonds. The average molecular weight is 464 g/mol. The molecule has 1 aliphatic heterocycles. The van der Waals surface area contributed by atoms with Crippen molar-refractivity contribution in [3.8, 4) is 11.5 Å². The Bertz CT molecular complexity index is 976. The van der Waals surface area contributed by atoms with E-state index in [4.69, 9.17) is 0 Å². The number of rotatable bonds is 7. The highest BCUT2D eigenvalue weighted by Crippen LogP contribution is 2.32. The van der Waals surface area contributed by atoms with Crippen LogP contribution in [0.5, 0.6) is 11.5 Å². The Morgan fingerprint density at radius 3 is 1.50 bits per heavy atom. The van der Waals surface area contributed by atoms with Crippen LogP contribution < -0.4 is 0 Å². The summed E-state index contributed by atoms with van der Waals surface area (Å²) in [7, 11) is 2.09. The number of phenolic OH excluding ortho intramolecular Hbond substituents is 2. The van der Waals surface area contributed by atoms with Crippen LogP contribution in [0.3, 0.4) is 0 Å². The fraction of sp³-hybridized carbons (Fsp3) is 0.481. The Hall–Kier alpha value is -2.64. The molecule has 1 aliphatic rings. The smallest absolute Gasteiger partial charge is 0.153 e. The molecule has 0 unspecified atom stereocenters. The lowest BCUT2D eigenvalue weighted by molar-refractivity contribution is 0.110. The first kappa shape index (κ1) is 26.0. The second-order valence-corrected chi connectivity index (χ2v) is 11.4. The van der Waals surface area contributed by atoms with E-state index in [0.29, 0.717) is 24.2 Å². The lowest BCUT2D eigenvalue weighted by Crippen LogP contribution is -2.45. The number of hydrogen-bond acceptors (Lipinski definition) is 6. The average Bonchev–Trinajstić information content (AvgIpc) is 2.76. The predicted octanol–water partition coefficient (Wildman–Crippen LogP) is 3.21. The quantitative estimate of drug-likeness (QED) is 0.484. The van der Waals surface area contributed by atoms with Crippen molar-refractivity contribution in [2.24, 2.45) is 0 Å². The topological polar surface area (TPSA) is 81.1 Å². The van der Waals surface area contributed by atoms with Crippen molar-refractivity contribution >= 4 is 20.4 Å². The molecule has 7 heteroatoms. The van der Waals surface area contributed by atoms with Gasteiger partial charge in [-0.05, 0) is 34.0 Å². The largest absolute Gasteiger partial charge is 0.507 e. The summed E-state index contributed by atoms with van der Waals surface area (Å²) in [5, 5.41) is 21.1. The Morgan fingerprint density at radius 2 is 1.15 bits per heavy atom. The number of carbonyl (C=O) groups excluding carboxylic acids is 2. The van der Waals surface area contributed by atoms with Crippen LogP contribution in [0.25, 0.3) is 0 Å². The number of aldehydes is 2. The molecule has 6 nitrogen and oxygen atoms in total. The van der Waals surface area contributed by atoms with Gasteiger partial charge in [0.25, 0.3) is 0 Å². The van der Waals surface area contributed by atoms with Gasteiger partial charge in [-0.25, -0.2) is 0 Å². The molecule has 0 aliphatic carbocycles. The van der Waals surface area contributed by atoms with E-state index in [0.717, 1.165) is 61.0 Å². The van der Waals surface area contributed by atoms with Gasteiger partial charge in [-0.3, -0.25) is 19.4 Å². The Labute approximate surface area is 204 Å². The lowest BCUT2D eigenvalue weighted by atomic mass is 9.67. The molecule has 0 spiro atoms. The summed E-state index contributed by atoms with van der Waals surface area (Å²) in [6.07, 6.45) is 1.44. The van der Waals surface area contributed by atoms with Crippen LogP contribution in [0.1, 0.15) is 77.6 Å². The third-order valence-corrected chi connectivity index (χ3v) is 6.68. The molecule has 34 heavy (non-hydrogen) atoms. The van der Waals surface area contributed by atoms with Crippen LogP contribution in [-0.2, 0) is 23.8 Å². The SMILES string of the molecule is BC(C)(C)c1cc(C=O)c(O)c(CN2CCN(Cc3cc(C(C)(C)C)cc(C=O)c3O)CC2)c1. The van der Waals surface area contributed by atoms with E-state index in [9.17, 15) is 19.8 Å². The molecule has 182 valence electrons. The molecule has 2 aromatic rings. The minimum atomic E-state index is -0.122. The van der Waals surface area contributed by atoms with E-state index in [2.05, 4.69) is 52.3 Å². The minimum absolute atomic E-state index is 0.0655. The first-order valence-electron chi connectivity index (χ1n) is 11.9. The first-order valence-corrected chi connectivity index (χ1v) is 11.9. The highest BCUT2D eigenvalue weighted by atomic mass is 16.3. The van der Waals surface area contributed by atoms with Gasteiger partial charge in [-0.2, -0.15) is 0 Å². The maximum atomic E-state index is 11.5. The molecule has 1 fully saturated rings. The van der Waals surface area contributed by atoms with Crippen molar-refractivity contribution in [1.82, 2.24) is 9.80 Å². The fourth-order valence-corrected chi connectivity index (χ4v) is 4.31. The number of aromatic hydroxyl groups is 2. The number of hydrogen-bond donors (Lipinski definition) is 2. The minimum Gasteiger partial charge on any atom is -0.507 e. The van der Waals surface area contributed by atoms with Crippen molar-refractivity contribution < 1.29 is 19.8 Å². The normalized spacial score (nSPS) is 15.9. The number of piperazine rings is 1. The van der Waals surface area contributed by atoms with Crippen LogP contribution in [0.15, 0.2) is 24.3 Å². The van der Waals surface area contributed by atoms with Crippen molar-refractivity contribution in [3.63, 3.8) is 0 Å². The van der Waals surface area contributed by atoms with Crippen LogP contribution in [0.4, 0.5) is 0 Å². The highest BCUT2D eigenvalue weighted by Gasteiger charge is 2.24. The molecule has 1 heterocycles. The standard InChI is InChI=1S/C27H37BN2O4/c1-26(2,3)22-10-18(24(33)20(12-22)16-31)14-29-6-8-30(9-7-29)15-19-11-23(27(4,5)28)13-21(17-32)25(19)34/h10-13,16-17,33-34H,6-9,14-15,28H2,1-5H3. The number of phenols is 2. The van der Waals surface area contributed by atoms with E-state index >= 15 is 0 Å². The van der Waals surface area contributed by atoms with Crippen LogP contribution in [0, 0.1) is 0 Å². The van der Waals surface area contributed by atoms with Crippen molar-refractivity contribution in [2.75, 3.05) is 26.2 Å². The third-order valence-electron chi connectivity index (χ3n) is 6.68. The van der Waals surface area contributed by atoms with Gasteiger partial charge < -0.3 is 10.2 Å². The summed E-state index contributed by atoms with van der Waals surface area (Å²) in [5.74, 6) is 0.131. The Kier molecular flexibility index (Phi) is 7.58. The molecule has 0 radical (unpaired) electrons. The van der Waals surface area contributed by atoms with Gasteiger partial charge in [-0.1, -0.05) is 46.8 Å². The van der Waals surface area contributed by atoms with Crippen molar-refractivity contribution in [1.29, 1.82) is 0 Å². The van der Waals surface area contributed by atoms with Gasteiger partial charge in [-0.15, -0.1) is 0 Å². The molecule has 0 atom stereocenters. The van der Waals surface area contributed by atoms with E-state index in [1.807, 2.05) is 12.1 Å². The molecule has 0 bridgehead atoms. The molecule has 2 aromatic carbocycles. The van der Waals surface area contributed by atoms with Crippen LogP contribution in [0.2, 0.25) is 0 Å². The second-order valence-electron chi connectivity index (χ2n) is 11.4. The van der Waals surface area contributed by atoms with Gasteiger partial charge in [0.15, 0.2) is 12.6 Å². The van der Waals surface area contributed by atoms with E-state index in [1.54, 1.807) is 12.1 Å². The summed E-state index contributed by atoms with van der Waals surface area (Å²) < 4.78 is 0.